The number of para-hydroxylation sites is 1. The maximum absolute atomic E-state index is 13.0. The fraction of sp³-hybridized carbons (Fsp3) is 0.250. The average molecular weight is 370 g/mol. The summed E-state index contributed by atoms with van der Waals surface area (Å²) in [5.74, 6) is -0.360. The molecule has 0 aliphatic rings. The maximum Gasteiger partial charge on any atom is 0.262 e. The van der Waals surface area contributed by atoms with E-state index >= 15 is 0 Å². The number of fused-ring (bicyclic) bond motifs is 1. The summed E-state index contributed by atoms with van der Waals surface area (Å²) in [5, 5.41) is 1.12. The van der Waals surface area contributed by atoms with Crippen LogP contribution in [-0.2, 0) is 6.54 Å². The number of nitrogens with zero attached hydrogens (tertiary/aromatic N) is 2. The fourth-order valence-electron chi connectivity index (χ4n) is 2.62. The van der Waals surface area contributed by atoms with E-state index in [9.17, 15) is 14.0 Å². The molecular weight excluding hydrogens is 351 g/mol. The summed E-state index contributed by atoms with van der Waals surface area (Å²) < 4.78 is 14.6. The molecule has 4 nitrogen and oxygen atoms in total. The highest BCUT2D eigenvalue weighted by atomic mass is 32.2. The predicted octanol–water partition coefficient (Wildman–Crippen LogP) is 4.31. The number of benzene rings is 2. The first-order chi connectivity index (χ1) is 12.6. The zero-order valence-corrected chi connectivity index (χ0v) is 15.3. The topological polar surface area (TPSA) is 52.0 Å². The number of ketones is 1. The van der Waals surface area contributed by atoms with Gasteiger partial charge in [-0.1, -0.05) is 37.2 Å². The van der Waals surface area contributed by atoms with Gasteiger partial charge in [-0.15, -0.1) is 0 Å². The van der Waals surface area contributed by atoms with Crippen LogP contribution in [0.2, 0.25) is 0 Å². The smallest absolute Gasteiger partial charge is 0.262 e. The molecule has 1 aromatic heterocycles. The molecule has 0 saturated carbocycles. The second kappa shape index (κ2) is 8.27. The van der Waals surface area contributed by atoms with Crippen molar-refractivity contribution in [3.8, 4) is 0 Å². The van der Waals surface area contributed by atoms with Crippen LogP contribution in [0.4, 0.5) is 4.39 Å². The van der Waals surface area contributed by atoms with Gasteiger partial charge >= 0.3 is 0 Å². The number of thioether (sulfide) groups is 1. The Morgan fingerprint density at radius 2 is 1.88 bits per heavy atom. The van der Waals surface area contributed by atoms with Gasteiger partial charge in [0.2, 0.25) is 0 Å². The van der Waals surface area contributed by atoms with Gasteiger partial charge in [0.1, 0.15) is 5.82 Å². The van der Waals surface area contributed by atoms with Crippen molar-refractivity contribution in [3.05, 3.63) is 70.3 Å². The van der Waals surface area contributed by atoms with Crippen LogP contribution in [0.1, 0.15) is 30.1 Å². The fourth-order valence-corrected chi connectivity index (χ4v) is 3.54. The highest BCUT2D eigenvalue weighted by Gasteiger charge is 2.14. The Labute approximate surface area is 155 Å². The minimum atomic E-state index is -0.376. The van der Waals surface area contributed by atoms with Crippen molar-refractivity contribution in [2.45, 2.75) is 31.5 Å². The van der Waals surface area contributed by atoms with Crippen molar-refractivity contribution in [2.75, 3.05) is 5.75 Å². The first-order valence-electron chi connectivity index (χ1n) is 8.51. The van der Waals surface area contributed by atoms with Crippen molar-refractivity contribution in [1.29, 1.82) is 0 Å². The summed E-state index contributed by atoms with van der Waals surface area (Å²) in [6.45, 7) is 2.63. The number of hydrogen-bond donors (Lipinski definition) is 0. The summed E-state index contributed by atoms with van der Waals surface area (Å²) >= 11 is 1.24. The Bertz CT molecular complexity index is 983. The van der Waals surface area contributed by atoms with E-state index in [1.165, 1.54) is 36.0 Å². The van der Waals surface area contributed by atoms with Crippen molar-refractivity contribution in [3.63, 3.8) is 0 Å². The number of Topliss-reactive ketones (excluding diaryl/α,β-unsaturated/α-hetero) is 1. The molecule has 0 bridgehead atoms. The molecule has 134 valence electrons. The average Bonchev–Trinajstić information content (AvgIpc) is 2.66. The van der Waals surface area contributed by atoms with E-state index in [1.54, 1.807) is 16.7 Å². The highest BCUT2D eigenvalue weighted by molar-refractivity contribution is 7.99. The molecule has 0 N–H and O–H groups in total. The number of carbonyl (C=O) groups is 1. The van der Waals surface area contributed by atoms with Crippen LogP contribution in [0.5, 0.6) is 0 Å². The van der Waals surface area contributed by atoms with Crippen molar-refractivity contribution >= 4 is 28.4 Å². The van der Waals surface area contributed by atoms with Crippen molar-refractivity contribution in [1.82, 2.24) is 9.55 Å². The van der Waals surface area contributed by atoms with Crippen LogP contribution in [0.25, 0.3) is 10.9 Å². The van der Waals surface area contributed by atoms with Gasteiger partial charge in [-0.05, 0) is 42.8 Å². The van der Waals surface area contributed by atoms with E-state index in [0.29, 0.717) is 28.2 Å². The summed E-state index contributed by atoms with van der Waals surface area (Å²) in [4.78, 5) is 29.7. The molecule has 26 heavy (non-hydrogen) atoms. The second-order valence-electron chi connectivity index (χ2n) is 5.94. The Morgan fingerprint density at radius 3 is 2.62 bits per heavy atom. The standard InChI is InChI=1S/C20H19FN2O2S/c1-2-3-12-23-19(25)16-6-4-5-7-17(16)22-20(23)26-13-18(24)14-8-10-15(21)11-9-14/h4-11H,2-3,12-13H2,1H3. The highest BCUT2D eigenvalue weighted by Crippen LogP contribution is 2.20. The molecule has 6 heteroatoms. The molecule has 0 atom stereocenters. The zero-order chi connectivity index (χ0) is 18.5. The molecule has 3 aromatic rings. The zero-order valence-electron chi connectivity index (χ0n) is 14.4. The number of rotatable bonds is 7. The van der Waals surface area contributed by atoms with Crippen LogP contribution in [0.3, 0.4) is 0 Å². The van der Waals surface area contributed by atoms with E-state index < -0.39 is 0 Å². The molecular formula is C20H19FN2O2S. The molecule has 0 amide bonds. The van der Waals surface area contributed by atoms with Gasteiger partial charge in [0.25, 0.3) is 5.56 Å². The SMILES string of the molecule is CCCCn1c(SCC(=O)c2ccc(F)cc2)nc2ccccc2c1=O. The van der Waals surface area contributed by atoms with Crippen LogP contribution >= 0.6 is 11.8 Å². The third-order valence-corrected chi connectivity index (χ3v) is 5.04. The minimum Gasteiger partial charge on any atom is -0.293 e. The molecule has 2 aromatic carbocycles. The number of carbonyl (C=O) groups excluding carboxylic acids is 1. The second-order valence-corrected chi connectivity index (χ2v) is 6.88. The van der Waals surface area contributed by atoms with Crippen LogP contribution < -0.4 is 5.56 Å². The molecule has 0 fully saturated rings. The summed E-state index contributed by atoms with van der Waals surface area (Å²) in [6.07, 6.45) is 1.82. The van der Waals surface area contributed by atoms with Crippen LogP contribution in [0.15, 0.2) is 58.5 Å². The Balaban J connectivity index is 1.89. The van der Waals surface area contributed by atoms with Crippen molar-refractivity contribution < 1.29 is 9.18 Å². The molecule has 0 spiro atoms. The van der Waals surface area contributed by atoms with Gasteiger partial charge in [0.15, 0.2) is 10.9 Å². The molecule has 0 saturated heterocycles. The van der Waals surface area contributed by atoms with E-state index in [1.807, 2.05) is 12.1 Å². The molecule has 3 rings (SSSR count). The van der Waals surface area contributed by atoms with Crippen molar-refractivity contribution in [2.24, 2.45) is 0 Å². The summed E-state index contributed by atoms with van der Waals surface area (Å²) in [5.41, 5.74) is 0.991. The number of unbranched alkanes of at least 4 members (excludes halogenated alkanes) is 1. The summed E-state index contributed by atoms with van der Waals surface area (Å²) in [6, 6.07) is 12.7. The third-order valence-electron chi connectivity index (χ3n) is 4.06. The monoisotopic (exact) mass is 370 g/mol. The van der Waals surface area contributed by atoms with Gasteiger partial charge in [0, 0.05) is 12.1 Å². The Kier molecular flexibility index (Phi) is 5.83. The van der Waals surface area contributed by atoms with Gasteiger partial charge in [-0.3, -0.25) is 14.2 Å². The first kappa shape index (κ1) is 18.3. The number of hydrogen-bond acceptors (Lipinski definition) is 4. The first-order valence-corrected chi connectivity index (χ1v) is 9.50. The Hall–Kier alpha value is -2.47. The van der Waals surface area contributed by atoms with E-state index in [-0.39, 0.29) is 22.9 Å². The van der Waals surface area contributed by atoms with E-state index in [4.69, 9.17) is 0 Å². The van der Waals surface area contributed by atoms with Crippen LogP contribution in [-0.4, -0.2) is 21.1 Å². The summed E-state index contributed by atoms with van der Waals surface area (Å²) in [7, 11) is 0. The predicted molar refractivity (Wildman–Crippen MR) is 102 cm³/mol. The lowest BCUT2D eigenvalue weighted by atomic mass is 10.1. The molecule has 1 heterocycles. The lowest BCUT2D eigenvalue weighted by molar-refractivity contribution is 0.102. The minimum absolute atomic E-state index is 0.0826. The third kappa shape index (κ3) is 4.02. The van der Waals surface area contributed by atoms with Gasteiger partial charge in [0.05, 0.1) is 16.7 Å². The van der Waals surface area contributed by atoms with Gasteiger partial charge < -0.3 is 0 Å². The lowest BCUT2D eigenvalue weighted by Crippen LogP contribution is -2.23. The normalized spacial score (nSPS) is 11.0. The number of halogens is 1. The molecule has 0 radical (unpaired) electrons. The van der Waals surface area contributed by atoms with E-state index in [2.05, 4.69) is 11.9 Å². The Morgan fingerprint density at radius 1 is 1.15 bits per heavy atom. The molecule has 0 aliphatic heterocycles. The van der Waals surface area contributed by atoms with Gasteiger partial charge in [-0.25, -0.2) is 9.37 Å². The maximum atomic E-state index is 13.0. The molecule has 0 unspecified atom stereocenters. The quantitative estimate of drug-likeness (QED) is 0.353. The largest absolute Gasteiger partial charge is 0.293 e. The molecule has 0 aliphatic carbocycles. The van der Waals surface area contributed by atoms with Crippen LogP contribution in [0, 0.1) is 5.82 Å². The lowest BCUT2D eigenvalue weighted by Gasteiger charge is -2.12. The van der Waals surface area contributed by atoms with E-state index in [0.717, 1.165) is 12.8 Å². The van der Waals surface area contributed by atoms with Gasteiger partial charge in [-0.2, -0.15) is 0 Å². The number of aromatic nitrogens is 2.